The third-order valence-corrected chi connectivity index (χ3v) is 2.06. The van der Waals surface area contributed by atoms with Crippen molar-refractivity contribution in [2.45, 2.75) is 26.5 Å². The van der Waals surface area contributed by atoms with Gasteiger partial charge < -0.3 is 10.5 Å². The highest BCUT2D eigenvalue weighted by Gasteiger charge is 2.03. The Labute approximate surface area is 71.0 Å². The highest BCUT2D eigenvalue weighted by molar-refractivity contribution is 7.08. The molecule has 0 fully saturated rings. The molecule has 0 bridgehead atoms. The highest BCUT2D eigenvalue weighted by atomic mass is 32.1. The first-order valence-corrected chi connectivity index (χ1v) is 4.60. The summed E-state index contributed by atoms with van der Waals surface area (Å²) in [4.78, 5) is 0. The van der Waals surface area contributed by atoms with Crippen LogP contribution in [0, 0.1) is 0 Å². The molecule has 11 heavy (non-hydrogen) atoms. The molecule has 3 heteroatoms. The van der Waals surface area contributed by atoms with E-state index in [-0.39, 0.29) is 6.10 Å². The van der Waals surface area contributed by atoms with Crippen LogP contribution in [0.25, 0.3) is 0 Å². The summed E-state index contributed by atoms with van der Waals surface area (Å²) in [5.41, 5.74) is 6.60. The number of ether oxygens (including phenoxy) is 1. The fourth-order valence-electron chi connectivity index (χ4n) is 0.818. The van der Waals surface area contributed by atoms with Gasteiger partial charge >= 0.3 is 0 Å². The molecule has 0 amide bonds. The summed E-state index contributed by atoms with van der Waals surface area (Å²) >= 11 is 1.63. The van der Waals surface area contributed by atoms with Gasteiger partial charge in [0, 0.05) is 17.5 Å². The van der Waals surface area contributed by atoms with Crippen molar-refractivity contribution in [3.63, 3.8) is 0 Å². The minimum absolute atomic E-state index is 0.231. The highest BCUT2D eigenvalue weighted by Crippen LogP contribution is 2.23. The second-order valence-electron chi connectivity index (χ2n) is 2.63. The van der Waals surface area contributed by atoms with Crippen LogP contribution in [0.4, 0.5) is 0 Å². The Morgan fingerprint density at radius 2 is 2.27 bits per heavy atom. The maximum atomic E-state index is 5.51. The molecule has 0 aliphatic rings. The fraction of sp³-hybridized carbons (Fsp3) is 0.500. The van der Waals surface area contributed by atoms with E-state index in [1.807, 2.05) is 24.6 Å². The zero-order valence-corrected chi connectivity index (χ0v) is 7.65. The Hall–Kier alpha value is -0.540. The quantitative estimate of drug-likeness (QED) is 0.755. The molecule has 0 aliphatic carbocycles. The van der Waals surface area contributed by atoms with Crippen LogP contribution in [-0.2, 0) is 6.54 Å². The lowest BCUT2D eigenvalue weighted by Crippen LogP contribution is -2.07. The molecule has 0 radical (unpaired) electrons. The maximum absolute atomic E-state index is 5.51. The van der Waals surface area contributed by atoms with Crippen LogP contribution in [0.1, 0.15) is 19.4 Å². The minimum Gasteiger partial charge on any atom is -0.490 e. The molecule has 0 atom stereocenters. The number of hydrogen-bond donors (Lipinski definition) is 1. The van der Waals surface area contributed by atoms with Crippen molar-refractivity contribution in [1.29, 1.82) is 0 Å². The molecular formula is C8H13NOS. The molecule has 1 aromatic rings. The number of rotatable bonds is 3. The van der Waals surface area contributed by atoms with Crippen LogP contribution in [0.15, 0.2) is 10.8 Å². The lowest BCUT2D eigenvalue weighted by atomic mass is 10.3. The van der Waals surface area contributed by atoms with Crippen LogP contribution in [0.3, 0.4) is 0 Å². The minimum atomic E-state index is 0.231. The lowest BCUT2D eigenvalue weighted by molar-refractivity contribution is 0.241. The van der Waals surface area contributed by atoms with Crippen LogP contribution in [0.5, 0.6) is 5.75 Å². The van der Waals surface area contributed by atoms with Gasteiger partial charge in [-0.15, -0.1) is 11.3 Å². The molecule has 0 aromatic carbocycles. The van der Waals surface area contributed by atoms with Crippen LogP contribution in [0.2, 0.25) is 0 Å². The maximum Gasteiger partial charge on any atom is 0.134 e. The Morgan fingerprint density at radius 3 is 2.82 bits per heavy atom. The summed E-state index contributed by atoms with van der Waals surface area (Å²) < 4.78 is 5.51. The average Bonchev–Trinajstić information content (AvgIpc) is 2.34. The van der Waals surface area contributed by atoms with Crippen LogP contribution < -0.4 is 10.5 Å². The van der Waals surface area contributed by atoms with Gasteiger partial charge in [-0.25, -0.2) is 0 Å². The Bertz CT molecular complexity index is 220. The lowest BCUT2D eigenvalue weighted by Gasteiger charge is -2.08. The smallest absolute Gasteiger partial charge is 0.134 e. The van der Waals surface area contributed by atoms with Gasteiger partial charge in [0.2, 0.25) is 0 Å². The van der Waals surface area contributed by atoms with Gasteiger partial charge in [0.05, 0.1) is 6.10 Å². The van der Waals surface area contributed by atoms with E-state index in [0.29, 0.717) is 6.54 Å². The topological polar surface area (TPSA) is 35.2 Å². The average molecular weight is 171 g/mol. The third-order valence-electron chi connectivity index (χ3n) is 1.28. The van der Waals surface area contributed by atoms with Gasteiger partial charge in [-0.3, -0.25) is 0 Å². The van der Waals surface area contributed by atoms with E-state index in [4.69, 9.17) is 10.5 Å². The van der Waals surface area contributed by atoms with Gasteiger partial charge in [-0.1, -0.05) is 0 Å². The van der Waals surface area contributed by atoms with E-state index in [1.165, 1.54) is 0 Å². The Morgan fingerprint density at radius 1 is 1.55 bits per heavy atom. The van der Waals surface area contributed by atoms with E-state index in [9.17, 15) is 0 Å². The van der Waals surface area contributed by atoms with Gasteiger partial charge in [0.1, 0.15) is 5.75 Å². The van der Waals surface area contributed by atoms with Crippen molar-refractivity contribution >= 4 is 11.3 Å². The molecule has 1 heterocycles. The third kappa shape index (κ3) is 2.20. The van der Waals surface area contributed by atoms with Crippen LogP contribution in [-0.4, -0.2) is 6.10 Å². The first-order valence-electron chi connectivity index (χ1n) is 3.66. The number of nitrogens with two attached hydrogens (primary N) is 1. The summed E-state index contributed by atoms with van der Waals surface area (Å²) in [6, 6.07) is 0. The molecule has 1 aromatic heterocycles. The first-order chi connectivity index (χ1) is 5.24. The van der Waals surface area contributed by atoms with E-state index in [2.05, 4.69) is 0 Å². The van der Waals surface area contributed by atoms with Crippen molar-refractivity contribution in [2.24, 2.45) is 5.73 Å². The van der Waals surface area contributed by atoms with E-state index in [0.717, 1.165) is 11.3 Å². The summed E-state index contributed by atoms with van der Waals surface area (Å²) in [5, 5.41) is 4.01. The number of thiophene rings is 1. The summed E-state index contributed by atoms with van der Waals surface area (Å²) in [6.45, 7) is 4.58. The second kappa shape index (κ2) is 3.74. The fourth-order valence-corrected chi connectivity index (χ4v) is 1.59. The van der Waals surface area contributed by atoms with E-state index in [1.54, 1.807) is 11.3 Å². The SMILES string of the molecule is CC(C)Oc1cscc1CN. The van der Waals surface area contributed by atoms with Gasteiger partial charge in [0.25, 0.3) is 0 Å². The molecular weight excluding hydrogens is 158 g/mol. The van der Waals surface area contributed by atoms with Gasteiger partial charge in [0.15, 0.2) is 0 Å². The van der Waals surface area contributed by atoms with Crippen molar-refractivity contribution in [3.05, 3.63) is 16.3 Å². The molecule has 0 saturated heterocycles. The number of hydrogen-bond acceptors (Lipinski definition) is 3. The largest absolute Gasteiger partial charge is 0.490 e. The van der Waals surface area contributed by atoms with Gasteiger partial charge in [-0.2, -0.15) is 0 Å². The van der Waals surface area contributed by atoms with Crippen LogP contribution >= 0.6 is 11.3 Å². The predicted octanol–water partition coefficient (Wildman–Crippen LogP) is 1.99. The summed E-state index contributed by atoms with van der Waals surface area (Å²) in [5.74, 6) is 0.938. The Balaban J connectivity index is 2.68. The molecule has 0 unspecified atom stereocenters. The van der Waals surface area contributed by atoms with Crippen molar-refractivity contribution in [2.75, 3.05) is 0 Å². The molecule has 2 N–H and O–H groups in total. The second-order valence-corrected chi connectivity index (χ2v) is 3.38. The molecule has 0 spiro atoms. The summed E-state index contributed by atoms with van der Waals surface area (Å²) in [6.07, 6.45) is 0.231. The van der Waals surface area contributed by atoms with Crippen molar-refractivity contribution < 1.29 is 4.74 Å². The molecule has 62 valence electrons. The molecule has 0 aliphatic heterocycles. The summed E-state index contributed by atoms with van der Waals surface area (Å²) in [7, 11) is 0. The zero-order chi connectivity index (χ0) is 8.27. The van der Waals surface area contributed by atoms with Crippen molar-refractivity contribution in [1.82, 2.24) is 0 Å². The van der Waals surface area contributed by atoms with Gasteiger partial charge in [-0.05, 0) is 19.2 Å². The van der Waals surface area contributed by atoms with E-state index >= 15 is 0 Å². The zero-order valence-electron chi connectivity index (χ0n) is 6.83. The molecule has 2 nitrogen and oxygen atoms in total. The Kier molecular flexibility index (Phi) is 2.91. The standard InChI is InChI=1S/C8H13NOS/c1-6(2)10-8-5-11-4-7(8)3-9/h4-6H,3,9H2,1-2H3. The molecule has 0 saturated carbocycles. The normalized spacial score (nSPS) is 10.5. The van der Waals surface area contributed by atoms with E-state index < -0.39 is 0 Å². The molecule has 1 rings (SSSR count). The predicted molar refractivity (Wildman–Crippen MR) is 48.0 cm³/mol. The monoisotopic (exact) mass is 171 g/mol. The van der Waals surface area contributed by atoms with Crippen molar-refractivity contribution in [3.8, 4) is 5.75 Å². The first kappa shape index (κ1) is 8.56.